The van der Waals surface area contributed by atoms with Crippen LogP contribution in [-0.4, -0.2) is 38.4 Å². The first-order valence-electron chi connectivity index (χ1n) is 9.80. The van der Waals surface area contributed by atoms with Crippen LogP contribution in [0.3, 0.4) is 0 Å². The molecule has 0 radical (unpaired) electrons. The van der Waals surface area contributed by atoms with Crippen molar-refractivity contribution in [2.24, 2.45) is 0 Å². The summed E-state index contributed by atoms with van der Waals surface area (Å²) < 4.78 is 27.6. The Hall–Kier alpha value is -3.32. The van der Waals surface area contributed by atoms with Crippen LogP contribution in [0.2, 0.25) is 0 Å². The van der Waals surface area contributed by atoms with Crippen LogP contribution in [0.4, 0.5) is 11.4 Å². The molecule has 1 amide bonds. The first kappa shape index (κ1) is 20.0. The molecule has 3 aromatic carbocycles. The van der Waals surface area contributed by atoms with Crippen molar-refractivity contribution in [2.45, 2.75) is 17.4 Å². The number of amides is 1. The van der Waals surface area contributed by atoms with Crippen molar-refractivity contribution in [1.29, 1.82) is 0 Å². The maximum Gasteiger partial charge on any atom is 0.261 e. The van der Waals surface area contributed by atoms with Crippen molar-refractivity contribution in [2.75, 3.05) is 23.1 Å². The summed E-state index contributed by atoms with van der Waals surface area (Å²) in [5.74, 6) is -0.104. The topological polar surface area (TPSA) is 78.5 Å². The summed E-state index contributed by atoms with van der Waals surface area (Å²) in [6.07, 6.45) is 0.862. The van der Waals surface area contributed by atoms with Crippen LogP contribution in [0.25, 0.3) is 0 Å². The SMILES string of the molecule is O=C(c1cccc(NS(=O)(=O)c2ccccc2)c1)N1CCC(Nc2ccccc2)C1. The quantitative estimate of drug-likeness (QED) is 0.634. The van der Waals surface area contributed by atoms with Crippen LogP contribution in [0.15, 0.2) is 89.8 Å². The molecule has 30 heavy (non-hydrogen) atoms. The van der Waals surface area contributed by atoms with Gasteiger partial charge >= 0.3 is 0 Å². The van der Waals surface area contributed by atoms with E-state index < -0.39 is 10.0 Å². The fourth-order valence-corrected chi connectivity index (χ4v) is 4.62. The van der Waals surface area contributed by atoms with Gasteiger partial charge < -0.3 is 10.2 Å². The van der Waals surface area contributed by atoms with Gasteiger partial charge in [-0.15, -0.1) is 0 Å². The highest BCUT2D eigenvalue weighted by Crippen LogP contribution is 2.21. The van der Waals surface area contributed by atoms with Crippen LogP contribution in [0.1, 0.15) is 16.8 Å². The molecular formula is C23H23N3O3S. The third kappa shape index (κ3) is 4.63. The Morgan fingerprint density at radius 2 is 1.53 bits per heavy atom. The van der Waals surface area contributed by atoms with Crippen LogP contribution >= 0.6 is 0 Å². The number of anilines is 2. The normalized spacial score (nSPS) is 16.3. The first-order valence-corrected chi connectivity index (χ1v) is 11.3. The van der Waals surface area contributed by atoms with Gasteiger partial charge in [0.25, 0.3) is 15.9 Å². The zero-order valence-electron chi connectivity index (χ0n) is 16.4. The fourth-order valence-electron chi connectivity index (χ4n) is 3.54. The predicted molar refractivity (Wildman–Crippen MR) is 118 cm³/mol. The van der Waals surface area contributed by atoms with Crippen molar-refractivity contribution >= 4 is 27.3 Å². The smallest absolute Gasteiger partial charge is 0.261 e. The number of carbonyl (C=O) groups excluding carboxylic acids is 1. The van der Waals surface area contributed by atoms with E-state index in [0.717, 1.165) is 12.1 Å². The van der Waals surface area contributed by atoms with Gasteiger partial charge in [-0.1, -0.05) is 42.5 Å². The fraction of sp³-hybridized carbons (Fsp3) is 0.174. The average Bonchev–Trinajstić information content (AvgIpc) is 3.23. The van der Waals surface area contributed by atoms with Crippen molar-refractivity contribution < 1.29 is 13.2 Å². The van der Waals surface area contributed by atoms with Crippen LogP contribution < -0.4 is 10.0 Å². The molecular weight excluding hydrogens is 398 g/mol. The summed E-state index contributed by atoms with van der Waals surface area (Å²) >= 11 is 0. The molecule has 1 saturated heterocycles. The molecule has 0 saturated carbocycles. The second kappa shape index (κ2) is 8.59. The van der Waals surface area contributed by atoms with E-state index in [2.05, 4.69) is 10.0 Å². The lowest BCUT2D eigenvalue weighted by Crippen LogP contribution is -2.31. The van der Waals surface area contributed by atoms with Gasteiger partial charge in [0.1, 0.15) is 0 Å². The second-order valence-electron chi connectivity index (χ2n) is 7.25. The van der Waals surface area contributed by atoms with E-state index in [-0.39, 0.29) is 16.8 Å². The summed E-state index contributed by atoms with van der Waals surface area (Å²) in [7, 11) is -3.70. The number of nitrogens with zero attached hydrogens (tertiary/aromatic N) is 1. The van der Waals surface area contributed by atoms with E-state index >= 15 is 0 Å². The van der Waals surface area contributed by atoms with Crippen molar-refractivity contribution in [3.8, 4) is 0 Å². The molecule has 2 N–H and O–H groups in total. The molecule has 6 nitrogen and oxygen atoms in total. The Labute approximate surface area is 176 Å². The molecule has 1 heterocycles. The molecule has 0 bridgehead atoms. The highest BCUT2D eigenvalue weighted by atomic mass is 32.2. The summed E-state index contributed by atoms with van der Waals surface area (Å²) in [6.45, 7) is 1.26. The van der Waals surface area contributed by atoms with Crippen molar-refractivity contribution in [3.05, 3.63) is 90.5 Å². The molecule has 1 aliphatic rings. The van der Waals surface area contributed by atoms with Crippen molar-refractivity contribution in [3.63, 3.8) is 0 Å². The summed E-state index contributed by atoms with van der Waals surface area (Å²) in [6, 6.07) is 24.9. The van der Waals surface area contributed by atoms with Gasteiger partial charge in [0, 0.05) is 36.1 Å². The number of para-hydroxylation sites is 1. The molecule has 0 spiro atoms. The Morgan fingerprint density at radius 1 is 0.867 bits per heavy atom. The van der Waals surface area contributed by atoms with Crippen LogP contribution in [-0.2, 0) is 10.0 Å². The highest BCUT2D eigenvalue weighted by molar-refractivity contribution is 7.92. The van der Waals surface area contributed by atoms with Gasteiger partial charge in [-0.2, -0.15) is 0 Å². The van der Waals surface area contributed by atoms with Gasteiger partial charge in [0.15, 0.2) is 0 Å². The Bertz CT molecular complexity index is 1120. The van der Waals surface area contributed by atoms with E-state index in [1.54, 1.807) is 47.4 Å². The number of hydrogen-bond acceptors (Lipinski definition) is 4. The zero-order valence-corrected chi connectivity index (χ0v) is 17.2. The average molecular weight is 422 g/mol. The maximum absolute atomic E-state index is 13.0. The van der Waals surface area contributed by atoms with Crippen LogP contribution in [0, 0.1) is 0 Å². The molecule has 1 fully saturated rings. The molecule has 3 aromatic rings. The van der Waals surface area contributed by atoms with E-state index in [4.69, 9.17) is 0 Å². The summed E-state index contributed by atoms with van der Waals surface area (Å²) in [5, 5.41) is 3.45. The van der Waals surface area contributed by atoms with Gasteiger partial charge in [0.2, 0.25) is 0 Å². The third-order valence-corrected chi connectivity index (χ3v) is 6.43. The lowest BCUT2D eigenvalue weighted by molar-refractivity contribution is 0.0791. The molecule has 1 unspecified atom stereocenters. The standard InChI is InChI=1S/C23H23N3O3S/c27-23(26-15-14-21(17-26)24-19-9-3-1-4-10-19)18-8-7-11-20(16-18)25-30(28,29)22-12-5-2-6-13-22/h1-13,16,21,24-25H,14-15,17H2. The van der Waals surface area contributed by atoms with E-state index in [1.165, 1.54) is 12.1 Å². The number of likely N-dealkylation sites (tertiary alicyclic amines) is 1. The number of nitrogens with one attached hydrogen (secondary N) is 2. The maximum atomic E-state index is 13.0. The molecule has 0 aromatic heterocycles. The van der Waals surface area contributed by atoms with Gasteiger partial charge in [-0.25, -0.2) is 8.42 Å². The molecule has 1 aliphatic heterocycles. The zero-order chi connectivity index (χ0) is 21.0. The number of sulfonamides is 1. The number of carbonyl (C=O) groups is 1. The van der Waals surface area contributed by atoms with Crippen molar-refractivity contribution in [1.82, 2.24) is 4.90 Å². The van der Waals surface area contributed by atoms with Gasteiger partial charge in [-0.05, 0) is 48.9 Å². The lowest BCUT2D eigenvalue weighted by atomic mass is 10.2. The minimum Gasteiger partial charge on any atom is -0.380 e. The largest absolute Gasteiger partial charge is 0.380 e. The monoisotopic (exact) mass is 421 g/mol. The van der Waals surface area contributed by atoms with Gasteiger partial charge in [-0.3, -0.25) is 9.52 Å². The lowest BCUT2D eigenvalue weighted by Gasteiger charge is -2.18. The molecule has 4 rings (SSSR count). The summed E-state index contributed by atoms with van der Waals surface area (Å²) in [5.41, 5.74) is 1.86. The predicted octanol–water partition coefficient (Wildman–Crippen LogP) is 3.81. The third-order valence-electron chi connectivity index (χ3n) is 5.04. The first-order chi connectivity index (χ1) is 14.5. The molecule has 1 atom stereocenters. The molecule has 0 aliphatic carbocycles. The van der Waals surface area contributed by atoms with E-state index in [1.807, 2.05) is 30.3 Å². The number of rotatable bonds is 6. The molecule has 7 heteroatoms. The van der Waals surface area contributed by atoms with Crippen LogP contribution in [0.5, 0.6) is 0 Å². The Kier molecular flexibility index (Phi) is 5.72. The number of hydrogen-bond donors (Lipinski definition) is 2. The van der Waals surface area contributed by atoms with E-state index in [0.29, 0.717) is 24.3 Å². The van der Waals surface area contributed by atoms with E-state index in [9.17, 15) is 13.2 Å². The summed E-state index contributed by atoms with van der Waals surface area (Å²) in [4.78, 5) is 14.9. The minimum atomic E-state index is -3.70. The second-order valence-corrected chi connectivity index (χ2v) is 8.93. The minimum absolute atomic E-state index is 0.104. The highest BCUT2D eigenvalue weighted by Gasteiger charge is 2.27. The Morgan fingerprint density at radius 3 is 2.27 bits per heavy atom. The van der Waals surface area contributed by atoms with Gasteiger partial charge in [0.05, 0.1) is 4.90 Å². The number of benzene rings is 3. The molecule has 154 valence electrons. The Balaban J connectivity index is 1.43.